The maximum atomic E-state index is 11.6. The van der Waals surface area contributed by atoms with Crippen LogP contribution in [0.3, 0.4) is 0 Å². The van der Waals surface area contributed by atoms with Crippen LogP contribution in [0.2, 0.25) is 0 Å². The number of rotatable bonds is 18. The quantitative estimate of drug-likeness (QED) is 0.0817. The molecule has 8 unspecified atom stereocenters. The molecule has 248 valence electrons. The van der Waals surface area contributed by atoms with E-state index in [0.29, 0.717) is 0 Å². The van der Waals surface area contributed by atoms with Gasteiger partial charge >= 0.3 is 78.2 Å². The summed E-state index contributed by atoms with van der Waals surface area (Å²) in [5, 5.41) is 0. The van der Waals surface area contributed by atoms with Crippen molar-refractivity contribution in [1.82, 2.24) is 0 Å². The van der Waals surface area contributed by atoms with Crippen molar-refractivity contribution in [3.63, 3.8) is 0 Å². The largest absolute Gasteiger partial charge is 0.490 e. The summed E-state index contributed by atoms with van der Waals surface area (Å²) in [7, 11) is -64.8. The van der Waals surface area contributed by atoms with Crippen LogP contribution < -0.4 is 0 Å². The standard InChI is InChI=1S/H12O31P10/c1-32(2,3)23-34(7,8)25-36(11,12)27-38(15,16)29-40(19,20)31-41(21,22)30-39(17,18)28-37(13,14)26-35(9,10)24-33(4,5)6/h(H,7,8)(H,9,10)(H,11,12)(H,13,14)(H,15,16)(H,17,18)(H,19,20)(H,21,22)(H2,1,2,3)(H2,4,5,6). The number of phosphoric acid groups is 10. The van der Waals surface area contributed by atoms with Crippen molar-refractivity contribution in [2.24, 2.45) is 0 Å². The average Bonchev–Trinajstić information content (AvgIpc) is 2.37. The van der Waals surface area contributed by atoms with E-state index in [4.69, 9.17) is 48.9 Å². The van der Waals surface area contributed by atoms with Crippen LogP contribution in [-0.4, -0.2) is 58.7 Å². The van der Waals surface area contributed by atoms with E-state index in [0.717, 1.165) is 0 Å². The van der Waals surface area contributed by atoms with Crippen molar-refractivity contribution >= 4 is 78.2 Å². The van der Waals surface area contributed by atoms with Gasteiger partial charge in [0.25, 0.3) is 0 Å². The maximum Gasteiger partial charge on any atom is 0.490 e. The first-order chi connectivity index (χ1) is 17.4. The third-order valence-corrected chi connectivity index (χ3v) is 16.8. The second-order valence-corrected chi connectivity index (χ2v) is 20.8. The van der Waals surface area contributed by atoms with Crippen molar-refractivity contribution in [2.75, 3.05) is 0 Å². The highest BCUT2D eigenvalue weighted by Gasteiger charge is 2.52. The number of hydrogen-bond donors (Lipinski definition) is 12. The van der Waals surface area contributed by atoms with Gasteiger partial charge in [-0.05, 0) is 0 Å². The van der Waals surface area contributed by atoms with Crippen LogP contribution in [0.1, 0.15) is 0 Å². The Hall–Kier alpha value is 1.46. The molecule has 0 aromatic carbocycles. The smallest absolute Gasteiger partial charge is 0.302 e. The fourth-order valence-electron chi connectivity index (χ4n) is 1.30. The fraction of sp³-hybridized carbons (Fsp3) is 0. The van der Waals surface area contributed by atoms with Gasteiger partial charge in [-0.3, -0.25) is 0 Å². The summed E-state index contributed by atoms with van der Waals surface area (Å²) in [6, 6.07) is 0. The molecule has 41 heteroatoms. The topological polar surface area (TPSA) is 497 Å². The summed E-state index contributed by atoms with van der Waals surface area (Å²) in [6.45, 7) is 0. The van der Waals surface area contributed by atoms with Gasteiger partial charge in [-0.2, -0.15) is 38.8 Å². The summed E-state index contributed by atoms with van der Waals surface area (Å²) in [5.74, 6) is 0. The first kappa shape index (κ1) is 42.5. The van der Waals surface area contributed by atoms with Gasteiger partial charge in [0.2, 0.25) is 0 Å². The SMILES string of the molecule is O=P(O)(O)OP(=O)(O)OP(=O)(O)OP(=O)(O)OP(=O)(O)OP(=O)(O)OP(=O)(O)OP(=O)(O)OP(=O)(O)OP(=O)(O)O. The highest BCUT2D eigenvalue weighted by atomic mass is 31.3. The van der Waals surface area contributed by atoms with Gasteiger partial charge in [-0.25, -0.2) is 45.7 Å². The molecule has 0 aromatic rings. The molecule has 0 heterocycles. The Bertz CT molecular complexity index is 1330. The summed E-state index contributed by atoms with van der Waals surface area (Å²) in [6.07, 6.45) is 0. The van der Waals surface area contributed by atoms with E-state index >= 15 is 0 Å². The first-order valence-corrected chi connectivity index (χ1v) is 22.5. The minimum Gasteiger partial charge on any atom is -0.302 e. The first-order valence-electron chi connectivity index (χ1n) is 7.51. The van der Waals surface area contributed by atoms with Gasteiger partial charge in [-0.1, -0.05) is 0 Å². The molecule has 12 N–H and O–H groups in total. The van der Waals surface area contributed by atoms with E-state index in [1.165, 1.54) is 0 Å². The van der Waals surface area contributed by atoms with Crippen LogP contribution in [0, 0.1) is 0 Å². The van der Waals surface area contributed by atoms with Gasteiger partial charge in [-0.15, -0.1) is 0 Å². The van der Waals surface area contributed by atoms with Crippen LogP contribution in [0.5, 0.6) is 0 Å². The van der Waals surface area contributed by atoms with E-state index in [-0.39, 0.29) is 0 Å². The molecule has 0 aliphatic carbocycles. The minimum atomic E-state index is -6.79. The predicted molar refractivity (Wildman–Crippen MR) is 112 cm³/mol. The molecule has 0 rings (SSSR count). The predicted octanol–water partition coefficient (Wildman–Crippen LogP) is 0.124. The zero-order valence-electron chi connectivity index (χ0n) is 17.6. The van der Waals surface area contributed by atoms with Gasteiger partial charge in [0.15, 0.2) is 0 Å². The molecular weight excluding hydrogens is 806 g/mol. The summed E-state index contributed by atoms with van der Waals surface area (Å²) in [5.41, 5.74) is 0. The van der Waals surface area contributed by atoms with Gasteiger partial charge in [0.05, 0.1) is 0 Å². The van der Waals surface area contributed by atoms with E-state index in [2.05, 4.69) is 38.8 Å². The highest BCUT2D eigenvalue weighted by Crippen LogP contribution is 2.78. The zero-order valence-corrected chi connectivity index (χ0v) is 26.5. The molecular formula is H12O31P10. The molecule has 8 atom stereocenters. The average molecular weight is 818 g/mol. The van der Waals surface area contributed by atoms with E-state index in [9.17, 15) is 55.4 Å². The van der Waals surface area contributed by atoms with E-state index in [1.807, 2.05) is 0 Å². The molecule has 0 aromatic heterocycles. The molecule has 0 saturated carbocycles. The third-order valence-electron chi connectivity index (χ3n) is 1.86. The lowest BCUT2D eigenvalue weighted by atomic mass is 15.7. The van der Waals surface area contributed by atoms with Gasteiger partial charge < -0.3 is 58.7 Å². The van der Waals surface area contributed by atoms with Gasteiger partial charge in [0.1, 0.15) is 0 Å². The summed E-state index contributed by atoms with van der Waals surface area (Å²) >= 11 is 0. The second kappa shape index (κ2) is 13.7. The van der Waals surface area contributed by atoms with Crippen molar-refractivity contribution in [2.45, 2.75) is 0 Å². The van der Waals surface area contributed by atoms with Crippen LogP contribution in [0.25, 0.3) is 0 Å². The lowest BCUT2D eigenvalue weighted by Crippen LogP contribution is -2.00. The van der Waals surface area contributed by atoms with E-state index < -0.39 is 78.2 Å². The summed E-state index contributed by atoms with van der Waals surface area (Å²) < 4.78 is 140. The monoisotopic (exact) mass is 818 g/mol. The molecule has 0 spiro atoms. The Balaban J connectivity index is 5.58. The van der Waals surface area contributed by atoms with Gasteiger partial charge in [0, 0.05) is 0 Å². The van der Waals surface area contributed by atoms with Crippen molar-refractivity contribution in [1.29, 1.82) is 0 Å². The molecule has 0 radical (unpaired) electrons. The Labute approximate surface area is 221 Å². The second-order valence-electron chi connectivity index (χ2n) is 5.46. The van der Waals surface area contributed by atoms with Crippen molar-refractivity contribution in [3.05, 3.63) is 0 Å². The third kappa shape index (κ3) is 21.0. The van der Waals surface area contributed by atoms with Crippen molar-refractivity contribution < 1.29 is 143 Å². The van der Waals surface area contributed by atoms with Crippen LogP contribution in [-0.2, 0) is 84.4 Å². The lowest BCUT2D eigenvalue weighted by molar-refractivity contribution is 0.181. The van der Waals surface area contributed by atoms with E-state index in [1.54, 1.807) is 0 Å². The van der Waals surface area contributed by atoms with Crippen molar-refractivity contribution in [3.8, 4) is 0 Å². The Morgan fingerprint density at radius 2 is 0.317 bits per heavy atom. The normalized spacial score (nSPS) is 25.1. The van der Waals surface area contributed by atoms with Crippen LogP contribution in [0.15, 0.2) is 0 Å². The zero-order chi connectivity index (χ0) is 33.4. The Kier molecular flexibility index (Phi) is 14.2. The molecule has 0 fully saturated rings. The fourth-order valence-corrected chi connectivity index (χ4v) is 13.9. The molecule has 0 aliphatic heterocycles. The lowest BCUT2D eigenvalue weighted by Gasteiger charge is -2.21. The Morgan fingerprint density at radius 3 is 0.415 bits per heavy atom. The molecule has 41 heavy (non-hydrogen) atoms. The van der Waals surface area contributed by atoms with Crippen LogP contribution >= 0.6 is 78.2 Å². The molecule has 31 nitrogen and oxygen atoms in total. The van der Waals surface area contributed by atoms with Crippen LogP contribution in [0.4, 0.5) is 0 Å². The molecule has 0 aliphatic rings. The highest BCUT2D eigenvalue weighted by molar-refractivity contribution is 7.74. The molecule has 0 amide bonds. The summed E-state index contributed by atoms with van der Waals surface area (Å²) in [4.78, 5) is 106. The molecule has 0 bridgehead atoms. The Morgan fingerprint density at radius 1 is 0.220 bits per heavy atom. The number of hydrogen-bond acceptors (Lipinski definition) is 19. The minimum absolute atomic E-state index is 3.01. The maximum absolute atomic E-state index is 11.6. The molecule has 0 saturated heterocycles.